The summed E-state index contributed by atoms with van der Waals surface area (Å²) in [5.41, 5.74) is 13.3. The SMILES string of the molecule is C/C=C\C1=C(C)N(C/C=c2/c(-c3cc4ccccc4cc3-c3ccccc3)c3ccc(N4c5ccccc5Sc5ccccc54)cc3c(-c3ccc4ccccc4c3)/c2=C/C)c2ccccc2S1. The topological polar surface area (TPSA) is 6.48 Å². The average Bonchev–Trinajstić information content (AvgIpc) is 3.39. The van der Waals surface area contributed by atoms with Crippen LogP contribution >= 0.6 is 23.5 Å². The molecule has 0 atom stereocenters. The Morgan fingerprint density at radius 3 is 1.72 bits per heavy atom. The van der Waals surface area contributed by atoms with Crippen LogP contribution in [0.15, 0.2) is 238 Å². The zero-order chi connectivity index (χ0) is 45.7. The van der Waals surface area contributed by atoms with Crippen molar-refractivity contribution in [3.63, 3.8) is 0 Å². The van der Waals surface area contributed by atoms with Crippen molar-refractivity contribution in [1.29, 1.82) is 0 Å². The summed E-state index contributed by atoms with van der Waals surface area (Å²) in [7, 11) is 0. The van der Waals surface area contributed by atoms with Crippen molar-refractivity contribution in [2.24, 2.45) is 0 Å². The summed E-state index contributed by atoms with van der Waals surface area (Å²) >= 11 is 3.70. The second kappa shape index (κ2) is 17.6. The molecule has 0 spiro atoms. The van der Waals surface area contributed by atoms with Gasteiger partial charge in [0.15, 0.2) is 0 Å². The van der Waals surface area contributed by atoms with Gasteiger partial charge < -0.3 is 9.80 Å². The second-order valence-corrected chi connectivity index (χ2v) is 19.6. The van der Waals surface area contributed by atoms with Crippen molar-refractivity contribution < 1.29 is 0 Å². The van der Waals surface area contributed by atoms with Gasteiger partial charge in [0.05, 0.1) is 17.1 Å². The van der Waals surface area contributed by atoms with Crippen molar-refractivity contribution in [2.45, 2.75) is 35.5 Å². The van der Waals surface area contributed by atoms with Gasteiger partial charge in [-0.3, -0.25) is 0 Å². The molecule has 0 amide bonds. The maximum Gasteiger partial charge on any atom is 0.0601 e. The molecular weight excluding hydrogens is 861 g/mol. The Morgan fingerprint density at radius 2 is 1.04 bits per heavy atom. The highest BCUT2D eigenvalue weighted by molar-refractivity contribution is 8.03. The summed E-state index contributed by atoms with van der Waals surface area (Å²) in [5.74, 6) is 0. The normalized spacial score (nSPS) is 14.0. The summed E-state index contributed by atoms with van der Waals surface area (Å²) < 4.78 is 0. The highest BCUT2D eigenvalue weighted by Gasteiger charge is 2.27. The Morgan fingerprint density at radius 1 is 0.456 bits per heavy atom. The van der Waals surface area contributed by atoms with Crippen LogP contribution in [0.1, 0.15) is 20.8 Å². The Bertz CT molecular complexity index is 3780. The van der Waals surface area contributed by atoms with Gasteiger partial charge in [0.1, 0.15) is 0 Å². The molecule has 0 unspecified atom stereocenters. The third-order valence-electron chi connectivity index (χ3n) is 13.6. The van der Waals surface area contributed by atoms with Gasteiger partial charge in [0.2, 0.25) is 0 Å². The molecule has 10 aromatic rings. The zero-order valence-electron chi connectivity index (χ0n) is 38.3. The van der Waals surface area contributed by atoms with E-state index in [1.807, 2.05) is 23.5 Å². The standard InChI is InChI=1S/C64H48N2S2/c1-4-19-59-42(3)65(56-26-13-16-29-60(56)67-59)37-36-52-50(5-2)63(48-33-32-43-20-9-10-23-45(43)38-48)55-41-49(66-57-27-14-17-30-61(57)68-62-31-18-15-28-58(62)66)34-35-51(55)64(52)54-40-47-25-12-11-24-46(47)39-53(54)44-21-7-6-8-22-44/h4-36,38-41H,37H2,1-3H3/b19-4-,50-5+,52-36+. The number of allylic oxidation sites excluding steroid dienone is 3. The van der Waals surface area contributed by atoms with Gasteiger partial charge in [-0.15, -0.1) is 0 Å². The number of fused-ring (bicyclic) bond motifs is 6. The first kappa shape index (κ1) is 41.9. The van der Waals surface area contributed by atoms with E-state index >= 15 is 0 Å². The Hall–Kier alpha value is -7.50. The van der Waals surface area contributed by atoms with Crippen LogP contribution < -0.4 is 20.2 Å². The summed E-state index contributed by atoms with van der Waals surface area (Å²) in [6, 6.07) is 74.1. The molecule has 2 nitrogen and oxygen atoms in total. The minimum Gasteiger partial charge on any atom is -0.339 e. The Balaban J connectivity index is 1.23. The molecule has 68 heavy (non-hydrogen) atoms. The first-order chi connectivity index (χ1) is 33.6. The summed E-state index contributed by atoms with van der Waals surface area (Å²) in [5, 5.41) is 9.77. The fourth-order valence-electron chi connectivity index (χ4n) is 10.4. The smallest absolute Gasteiger partial charge is 0.0601 e. The van der Waals surface area contributed by atoms with E-state index in [0.29, 0.717) is 6.54 Å². The van der Waals surface area contributed by atoms with Crippen LogP contribution in [0.2, 0.25) is 0 Å². The van der Waals surface area contributed by atoms with Gasteiger partial charge in [-0.25, -0.2) is 0 Å². The van der Waals surface area contributed by atoms with E-state index in [0.717, 1.165) is 5.69 Å². The first-order valence-electron chi connectivity index (χ1n) is 23.4. The molecule has 0 saturated carbocycles. The number of benzene rings is 10. The number of anilines is 4. The molecule has 0 N–H and O–H groups in total. The first-order valence-corrected chi connectivity index (χ1v) is 25.1. The number of hydrogen-bond donors (Lipinski definition) is 0. The van der Waals surface area contributed by atoms with Crippen molar-refractivity contribution in [1.82, 2.24) is 0 Å². The second-order valence-electron chi connectivity index (χ2n) is 17.5. The number of nitrogens with zero attached hydrogens (tertiary/aromatic N) is 2. The maximum atomic E-state index is 2.52. The lowest BCUT2D eigenvalue weighted by molar-refractivity contribution is 0.998. The van der Waals surface area contributed by atoms with E-state index in [1.165, 1.54) is 118 Å². The van der Waals surface area contributed by atoms with Gasteiger partial charge in [0.25, 0.3) is 0 Å². The van der Waals surface area contributed by atoms with Crippen molar-refractivity contribution in [2.75, 3.05) is 16.3 Å². The van der Waals surface area contributed by atoms with Crippen molar-refractivity contribution >= 4 is 90.7 Å². The van der Waals surface area contributed by atoms with Crippen LogP contribution in [0.4, 0.5) is 22.7 Å². The van der Waals surface area contributed by atoms with Crippen molar-refractivity contribution in [3.05, 3.63) is 233 Å². The number of thioether (sulfide) groups is 1. The van der Waals surface area contributed by atoms with E-state index in [9.17, 15) is 0 Å². The molecule has 0 radical (unpaired) electrons. The fourth-order valence-corrected chi connectivity index (χ4v) is 12.6. The van der Waals surface area contributed by atoms with Gasteiger partial charge in [-0.2, -0.15) is 0 Å². The zero-order valence-corrected chi connectivity index (χ0v) is 39.9. The van der Waals surface area contributed by atoms with E-state index in [2.05, 4.69) is 255 Å². The molecule has 0 aromatic heterocycles. The highest BCUT2D eigenvalue weighted by Crippen LogP contribution is 2.52. The lowest BCUT2D eigenvalue weighted by Gasteiger charge is -2.33. The maximum absolute atomic E-state index is 2.52. The van der Waals surface area contributed by atoms with Gasteiger partial charge in [-0.1, -0.05) is 181 Å². The van der Waals surface area contributed by atoms with Crippen LogP contribution in [-0.4, -0.2) is 6.54 Å². The van der Waals surface area contributed by atoms with Crippen LogP contribution in [0, 0.1) is 0 Å². The molecule has 10 aromatic carbocycles. The van der Waals surface area contributed by atoms with Gasteiger partial charge in [-0.05, 0) is 164 Å². The molecule has 0 bridgehead atoms. The number of para-hydroxylation sites is 3. The monoisotopic (exact) mass is 908 g/mol. The molecule has 12 rings (SSSR count). The van der Waals surface area contributed by atoms with Crippen LogP contribution in [-0.2, 0) is 0 Å². The van der Waals surface area contributed by atoms with Crippen molar-refractivity contribution in [3.8, 4) is 33.4 Å². The largest absolute Gasteiger partial charge is 0.339 e. The van der Waals surface area contributed by atoms with Crippen LogP contribution in [0.3, 0.4) is 0 Å². The molecule has 2 aliphatic heterocycles. The molecule has 0 fully saturated rings. The Kier molecular flexibility index (Phi) is 10.9. The summed E-state index contributed by atoms with van der Waals surface area (Å²) in [6.07, 6.45) is 9.29. The van der Waals surface area contributed by atoms with Crippen LogP contribution in [0.5, 0.6) is 0 Å². The third-order valence-corrected chi connectivity index (χ3v) is 15.9. The Labute approximate surface area is 406 Å². The molecule has 2 aliphatic rings. The quantitative estimate of drug-likeness (QED) is 0.157. The van der Waals surface area contributed by atoms with E-state index in [-0.39, 0.29) is 0 Å². The van der Waals surface area contributed by atoms with Gasteiger partial charge >= 0.3 is 0 Å². The predicted molar refractivity (Wildman–Crippen MR) is 295 cm³/mol. The molecule has 2 heterocycles. The average molecular weight is 909 g/mol. The molecular formula is C64H48N2S2. The minimum atomic E-state index is 0.687. The lowest BCUT2D eigenvalue weighted by Crippen LogP contribution is -2.33. The van der Waals surface area contributed by atoms with Gasteiger partial charge in [0, 0.05) is 37.5 Å². The molecule has 326 valence electrons. The van der Waals surface area contributed by atoms with E-state index in [1.54, 1.807) is 0 Å². The predicted octanol–water partition coefficient (Wildman–Crippen LogP) is 17.1. The highest BCUT2D eigenvalue weighted by atomic mass is 32.2. The summed E-state index contributed by atoms with van der Waals surface area (Å²) in [6.45, 7) is 7.30. The minimum absolute atomic E-state index is 0.687. The number of rotatable bonds is 7. The molecule has 4 heteroatoms. The third kappa shape index (κ3) is 7.24. The lowest BCUT2D eigenvalue weighted by atomic mass is 9.84. The summed E-state index contributed by atoms with van der Waals surface area (Å²) in [4.78, 5) is 10.0. The fraction of sp³-hybridized carbons (Fsp3) is 0.0625. The number of hydrogen-bond acceptors (Lipinski definition) is 4. The van der Waals surface area contributed by atoms with Crippen LogP contribution in [0.25, 0.3) is 77.9 Å². The van der Waals surface area contributed by atoms with E-state index < -0.39 is 0 Å². The molecule has 0 saturated heterocycles. The molecule has 0 aliphatic carbocycles. The van der Waals surface area contributed by atoms with E-state index in [4.69, 9.17) is 0 Å².